The minimum Gasteiger partial charge on any atom is -0.371 e. The maximum absolute atomic E-state index is 15.0. The van der Waals surface area contributed by atoms with Crippen LogP contribution in [-0.4, -0.2) is 72.9 Å². The molecule has 172 valence electrons. The SMILES string of the molecule is CC(=O)N1CCN(C2CC(F)C2N(Cc2ccccc2)S(=O)(=O)Oc2ccccc2)CC1. The van der Waals surface area contributed by atoms with E-state index in [9.17, 15) is 17.6 Å². The van der Waals surface area contributed by atoms with Crippen LogP contribution in [0, 0.1) is 0 Å². The zero-order valence-corrected chi connectivity index (χ0v) is 18.8. The first-order valence-corrected chi connectivity index (χ1v) is 12.2. The molecule has 1 saturated heterocycles. The Balaban J connectivity index is 1.58. The number of halogens is 1. The van der Waals surface area contributed by atoms with Gasteiger partial charge in [0.2, 0.25) is 5.91 Å². The molecule has 2 fully saturated rings. The summed E-state index contributed by atoms with van der Waals surface area (Å²) in [6, 6.07) is 16.3. The molecule has 1 aliphatic carbocycles. The van der Waals surface area contributed by atoms with Crippen molar-refractivity contribution in [2.75, 3.05) is 26.2 Å². The highest BCUT2D eigenvalue weighted by Crippen LogP contribution is 2.37. The zero-order chi connectivity index (χ0) is 22.7. The summed E-state index contributed by atoms with van der Waals surface area (Å²) in [6.45, 7) is 3.85. The van der Waals surface area contributed by atoms with Gasteiger partial charge in [-0.1, -0.05) is 48.5 Å². The monoisotopic (exact) mass is 461 g/mol. The fourth-order valence-corrected chi connectivity index (χ4v) is 5.73. The summed E-state index contributed by atoms with van der Waals surface area (Å²) in [4.78, 5) is 15.5. The van der Waals surface area contributed by atoms with E-state index in [1.54, 1.807) is 35.2 Å². The Bertz CT molecular complexity index is 1010. The molecule has 0 radical (unpaired) electrons. The van der Waals surface area contributed by atoms with Gasteiger partial charge in [0.25, 0.3) is 0 Å². The molecule has 0 aromatic heterocycles. The molecule has 4 rings (SSSR count). The summed E-state index contributed by atoms with van der Waals surface area (Å²) in [5.74, 6) is 0.203. The second-order valence-electron chi connectivity index (χ2n) is 8.24. The number of carbonyl (C=O) groups excluding carboxylic acids is 1. The van der Waals surface area contributed by atoms with Gasteiger partial charge in [-0.3, -0.25) is 9.69 Å². The van der Waals surface area contributed by atoms with Crippen LogP contribution in [0.1, 0.15) is 18.9 Å². The van der Waals surface area contributed by atoms with Gasteiger partial charge in [-0.05, 0) is 24.1 Å². The average molecular weight is 462 g/mol. The molecule has 2 aliphatic rings. The highest BCUT2D eigenvalue weighted by molar-refractivity contribution is 7.84. The molecule has 2 aromatic carbocycles. The Morgan fingerprint density at radius 3 is 2.19 bits per heavy atom. The zero-order valence-electron chi connectivity index (χ0n) is 18.0. The van der Waals surface area contributed by atoms with E-state index in [1.807, 2.05) is 30.3 Å². The molecule has 3 atom stereocenters. The van der Waals surface area contributed by atoms with Crippen molar-refractivity contribution in [3.05, 3.63) is 66.2 Å². The highest BCUT2D eigenvalue weighted by Gasteiger charge is 2.52. The number of alkyl halides is 1. The van der Waals surface area contributed by atoms with Crippen molar-refractivity contribution >= 4 is 16.2 Å². The molecule has 1 saturated carbocycles. The third-order valence-electron chi connectivity index (χ3n) is 6.21. The number of nitrogens with zero attached hydrogens (tertiary/aromatic N) is 3. The van der Waals surface area contributed by atoms with E-state index >= 15 is 0 Å². The fourth-order valence-electron chi connectivity index (χ4n) is 4.40. The molecule has 1 heterocycles. The van der Waals surface area contributed by atoms with Gasteiger partial charge in [-0.15, -0.1) is 0 Å². The van der Waals surface area contributed by atoms with Crippen LogP contribution in [0.4, 0.5) is 4.39 Å². The third-order valence-corrected chi connectivity index (χ3v) is 7.56. The van der Waals surface area contributed by atoms with Gasteiger partial charge in [0.05, 0.1) is 6.04 Å². The number of carbonyl (C=O) groups is 1. The molecule has 0 bridgehead atoms. The summed E-state index contributed by atoms with van der Waals surface area (Å²) in [7, 11) is -4.26. The molecule has 1 aliphatic heterocycles. The van der Waals surface area contributed by atoms with Gasteiger partial charge in [-0.2, -0.15) is 12.7 Å². The number of para-hydroxylation sites is 1. The lowest BCUT2D eigenvalue weighted by molar-refractivity contribution is -0.132. The Hall–Kier alpha value is -2.49. The number of amides is 1. The lowest BCUT2D eigenvalue weighted by atomic mass is 9.82. The Morgan fingerprint density at radius 2 is 1.62 bits per heavy atom. The largest absolute Gasteiger partial charge is 0.385 e. The summed E-state index contributed by atoms with van der Waals surface area (Å²) >= 11 is 0. The number of rotatable bonds is 7. The Morgan fingerprint density at radius 1 is 1.03 bits per heavy atom. The van der Waals surface area contributed by atoms with E-state index in [1.165, 1.54) is 6.92 Å². The average Bonchev–Trinajstić information content (AvgIpc) is 2.78. The number of benzene rings is 2. The van der Waals surface area contributed by atoms with Crippen LogP contribution in [0.3, 0.4) is 0 Å². The summed E-state index contributed by atoms with van der Waals surface area (Å²) < 4.78 is 48.1. The molecule has 3 unspecified atom stereocenters. The maximum atomic E-state index is 15.0. The van der Waals surface area contributed by atoms with Crippen LogP contribution in [0.25, 0.3) is 0 Å². The van der Waals surface area contributed by atoms with E-state index < -0.39 is 22.5 Å². The second kappa shape index (κ2) is 9.56. The van der Waals surface area contributed by atoms with Crippen LogP contribution >= 0.6 is 0 Å². The van der Waals surface area contributed by atoms with Crippen LogP contribution < -0.4 is 4.18 Å². The number of piperazine rings is 1. The van der Waals surface area contributed by atoms with Crippen molar-refractivity contribution in [2.24, 2.45) is 0 Å². The predicted octanol–water partition coefficient (Wildman–Crippen LogP) is 2.46. The lowest BCUT2D eigenvalue weighted by Crippen LogP contribution is -2.68. The lowest BCUT2D eigenvalue weighted by Gasteiger charge is -2.51. The molecule has 9 heteroatoms. The van der Waals surface area contributed by atoms with E-state index in [4.69, 9.17) is 4.18 Å². The van der Waals surface area contributed by atoms with Crippen molar-refractivity contribution in [3.63, 3.8) is 0 Å². The first-order chi connectivity index (χ1) is 15.3. The molecule has 7 nitrogen and oxygen atoms in total. The second-order valence-corrected chi connectivity index (χ2v) is 9.73. The van der Waals surface area contributed by atoms with E-state index in [0.717, 1.165) is 9.87 Å². The minimum absolute atomic E-state index is 0.0164. The van der Waals surface area contributed by atoms with Gasteiger partial charge < -0.3 is 9.08 Å². The highest BCUT2D eigenvalue weighted by atomic mass is 32.2. The van der Waals surface area contributed by atoms with Gasteiger partial charge in [0, 0.05) is 45.7 Å². The quantitative estimate of drug-likeness (QED) is 0.634. The standard InChI is InChI=1S/C23H28FN3O4S/c1-18(28)25-12-14-26(15-13-25)22-16-21(24)23(22)27(17-19-8-4-2-5-9-19)32(29,30)31-20-10-6-3-7-11-20/h2-11,21-23H,12-17H2,1H3. The Kier molecular flexibility index (Phi) is 6.78. The number of hydrogen-bond acceptors (Lipinski definition) is 5. The molecule has 32 heavy (non-hydrogen) atoms. The van der Waals surface area contributed by atoms with Crippen LogP contribution in [0.2, 0.25) is 0 Å². The third kappa shape index (κ3) is 4.95. The van der Waals surface area contributed by atoms with Crippen LogP contribution in [0.5, 0.6) is 5.75 Å². The molecular weight excluding hydrogens is 433 g/mol. The summed E-state index contributed by atoms with van der Waals surface area (Å²) in [6.07, 6.45) is -1.03. The van der Waals surface area contributed by atoms with Gasteiger partial charge in [-0.25, -0.2) is 4.39 Å². The van der Waals surface area contributed by atoms with E-state index in [-0.39, 0.29) is 30.7 Å². The van der Waals surface area contributed by atoms with Crippen molar-refractivity contribution in [1.29, 1.82) is 0 Å². The van der Waals surface area contributed by atoms with E-state index in [2.05, 4.69) is 4.90 Å². The summed E-state index contributed by atoms with van der Waals surface area (Å²) in [5.41, 5.74) is 0.756. The first kappa shape index (κ1) is 22.7. The van der Waals surface area contributed by atoms with Crippen molar-refractivity contribution in [3.8, 4) is 5.75 Å². The van der Waals surface area contributed by atoms with E-state index in [0.29, 0.717) is 26.2 Å². The van der Waals surface area contributed by atoms with Gasteiger partial charge in [0.1, 0.15) is 11.9 Å². The van der Waals surface area contributed by atoms with Gasteiger partial charge >= 0.3 is 10.3 Å². The maximum Gasteiger partial charge on any atom is 0.385 e. The molecular formula is C23H28FN3O4S. The number of hydrogen-bond donors (Lipinski definition) is 0. The van der Waals surface area contributed by atoms with Crippen molar-refractivity contribution in [2.45, 2.75) is 38.1 Å². The van der Waals surface area contributed by atoms with Gasteiger partial charge in [0.15, 0.2) is 0 Å². The van der Waals surface area contributed by atoms with Crippen LogP contribution in [0.15, 0.2) is 60.7 Å². The van der Waals surface area contributed by atoms with Crippen LogP contribution in [-0.2, 0) is 21.6 Å². The minimum atomic E-state index is -4.26. The fraction of sp³-hybridized carbons (Fsp3) is 0.435. The Labute approximate surface area is 188 Å². The normalized spacial score (nSPS) is 24.2. The topological polar surface area (TPSA) is 70.2 Å². The molecule has 0 N–H and O–H groups in total. The predicted molar refractivity (Wildman–Crippen MR) is 119 cm³/mol. The van der Waals surface area contributed by atoms with Crippen molar-refractivity contribution in [1.82, 2.24) is 14.1 Å². The summed E-state index contributed by atoms with van der Waals surface area (Å²) in [5, 5.41) is 0. The molecule has 1 amide bonds. The first-order valence-electron chi connectivity index (χ1n) is 10.8. The molecule has 2 aromatic rings. The smallest absolute Gasteiger partial charge is 0.371 e. The molecule has 0 spiro atoms. The van der Waals surface area contributed by atoms with Crippen molar-refractivity contribution < 1.29 is 21.8 Å².